The van der Waals surface area contributed by atoms with Gasteiger partial charge in [0.05, 0.1) is 12.0 Å². The number of nitrogens with zero attached hydrogens (tertiary/aromatic N) is 1. The Kier molecular flexibility index (Phi) is 2.46. The van der Waals surface area contributed by atoms with E-state index in [9.17, 15) is 13.2 Å². The fourth-order valence-corrected chi connectivity index (χ4v) is 2.17. The number of hydrogen-bond donors (Lipinski definition) is 0. The van der Waals surface area contributed by atoms with Crippen molar-refractivity contribution in [1.29, 1.82) is 0 Å². The van der Waals surface area contributed by atoms with Gasteiger partial charge in [-0.05, 0) is 24.3 Å². The molecule has 1 aliphatic heterocycles. The lowest BCUT2D eigenvalue weighted by molar-refractivity contribution is -0.142. The Balaban J connectivity index is 2.22. The Hall–Kier alpha value is -1.43. The highest BCUT2D eigenvalue weighted by molar-refractivity contribution is 7.89. The van der Waals surface area contributed by atoms with E-state index < -0.39 is 15.6 Å². The van der Waals surface area contributed by atoms with Crippen molar-refractivity contribution >= 4 is 21.7 Å². The second-order valence-electron chi connectivity index (χ2n) is 3.84. The lowest BCUT2D eigenvalue weighted by Crippen LogP contribution is -2.25. The minimum Gasteiger partial charge on any atom is -0.450 e. The van der Waals surface area contributed by atoms with Gasteiger partial charge in [-0.25, -0.2) is 8.42 Å². The maximum Gasteiger partial charge on any atom is 0.307 e. The molecule has 1 aliphatic carbocycles. The molecule has 0 unspecified atom stereocenters. The number of allylic oxidation sites excluding steroid dienone is 2. The number of sulfonamides is 1. The van der Waals surface area contributed by atoms with Crippen molar-refractivity contribution in [3.63, 3.8) is 0 Å². The van der Waals surface area contributed by atoms with Gasteiger partial charge in [0.2, 0.25) is 0 Å². The van der Waals surface area contributed by atoms with E-state index in [4.69, 9.17) is 4.74 Å². The lowest BCUT2D eigenvalue weighted by atomic mass is 9.94. The summed E-state index contributed by atoms with van der Waals surface area (Å²) >= 11 is 0. The van der Waals surface area contributed by atoms with Crippen molar-refractivity contribution in [2.24, 2.45) is 4.40 Å². The molecule has 1 heterocycles. The third kappa shape index (κ3) is 2.38. The fourth-order valence-electron chi connectivity index (χ4n) is 1.66. The Morgan fingerprint density at radius 3 is 2.44 bits per heavy atom. The first-order valence-corrected chi connectivity index (χ1v) is 6.64. The molecule has 86 valence electrons. The molecule has 1 fully saturated rings. The molecule has 0 bridgehead atoms. The molecular formula is C10H11NO4S. The first-order valence-electron chi connectivity index (χ1n) is 4.79. The van der Waals surface area contributed by atoms with Crippen molar-refractivity contribution in [3.8, 4) is 0 Å². The summed E-state index contributed by atoms with van der Waals surface area (Å²) in [7, 11) is -3.39. The van der Waals surface area contributed by atoms with E-state index >= 15 is 0 Å². The van der Waals surface area contributed by atoms with E-state index in [2.05, 4.69) is 4.40 Å². The quantitative estimate of drug-likeness (QED) is 0.630. The van der Waals surface area contributed by atoms with Gasteiger partial charge in [0.25, 0.3) is 10.0 Å². The third-order valence-corrected chi connectivity index (χ3v) is 2.91. The van der Waals surface area contributed by atoms with Crippen molar-refractivity contribution in [1.82, 2.24) is 0 Å². The Morgan fingerprint density at radius 2 is 2.00 bits per heavy atom. The molecule has 1 saturated heterocycles. The second-order valence-corrected chi connectivity index (χ2v) is 5.49. The van der Waals surface area contributed by atoms with Gasteiger partial charge in [-0.1, -0.05) is 0 Å². The van der Waals surface area contributed by atoms with Gasteiger partial charge in [-0.3, -0.25) is 4.79 Å². The summed E-state index contributed by atoms with van der Waals surface area (Å²) in [5.41, 5.74) is -0.343. The molecule has 0 radical (unpaired) electrons. The van der Waals surface area contributed by atoms with Crippen LogP contribution in [0.2, 0.25) is 0 Å². The normalized spacial score (nSPS) is 28.6. The van der Waals surface area contributed by atoms with Crippen molar-refractivity contribution < 1.29 is 17.9 Å². The minimum atomic E-state index is -3.39. The van der Waals surface area contributed by atoms with Gasteiger partial charge < -0.3 is 4.74 Å². The SMILES string of the molecule is CS(=O)(=O)N=C1C=CC2(C=C1)CCC(=O)O2. The molecule has 0 amide bonds. The summed E-state index contributed by atoms with van der Waals surface area (Å²) in [6.45, 7) is 0. The number of rotatable bonds is 1. The summed E-state index contributed by atoms with van der Waals surface area (Å²) in [5.74, 6) is -0.238. The summed E-state index contributed by atoms with van der Waals surface area (Å²) in [5, 5.41) is 0. The van der Waals surface area contributed by atoms with Crippen molar-refractivity contribution in [2.45, 2.75) is 18.4 Å². The van der Waals surface area contributed by atoms with Crippen LogP contribution in [-0.2, 0) is 19.6 Å². The van der Waals surface area contributed by atoms with Crippen LogP contribution in [0.5, 0.6) is 0 Å². The van der Waals surface area contributed by atoms with Crippen LogP contribution in [0.15, 0.2) is 28.7 Å². The van der Waals surface area contributed by atoms with Crippen LogP contribution in [0.1, 0.15) is 12.8 Å². The van der Waals surface area contributed by atoms with Crippen LogP contribution in [0, 0.1) is 0 Å². The summed E-state index contributed by atoms with van der Waals surface area (Å²) in [6.07, 6.45) is 8.45. The molecule has 1 spiro atoms. The monoisotopic (exact) mass is 241 g/mol. The summed E-state index contributed by atoms with van der Waals surface area (Å²) < 4.78 is 30.5. The Bertz CT molecular complexity index is 497. The predicted octanol–water partition coefficient (Wildman–Crippen LogP) is 0.589. The Labute approximate surface area is 93.6 Å². The van der Waals surface area contributed by atoms with Gasteiger partial charge in [-0.15, -0.1) is 0 Å². The average Bonchev–Trinajstić information content (AvgIpc) is 2.51. The highest BCUT2D eigenvalue weighted by Gasteiger charge is 2.36. The minimum absolute atomic E-state index is 0.238. The van der Waals surface area contributed by atoms with Crippen LogP contribution in [0.25, 0.3) is 0 Å². The maximum absolute atomic E-state index is 11.0. The third-order valence-electron chi connectivity index (χ3n) is 2.37. The first kappa shape index (κ1) is 11.1. The molecule has 0 saturated carbocycles. The Morgan fingerprint density at radius 1 is 1.38 bits per heavy atom. The number of ether oxygens (including phenoxy) is 1. The van der Waals surface area contributed by atoms with E-state index in [1.165, 1.54) is 0 Å². The average molecular weight is 241 g/mol. The largest absolute Gasteiger partial charge is 0.450 e. The zero-order valence-corrected chi connectivity index (χ0v) is 9.53. The standard InChI is InChI=1S/C10H11NO4S/c1-16(13,14)11-8-2-5-10(6-3-8)7-4-9(12)15-10/h2-3,5-6H,4,7H2,1H3. The van der Waals surface area contributed by atoms with Gasteiger partial charge in [0, 0.05) is 12.8 Å². The van der Waals surface area contributed by atoms with Gasteiger partial charge >= 0.3 is 5.97 Å². The fraction of sp³-hybridized carbons (Fsp3) is 0.400. The smallest absolute Gasteiger partial charge is 0.307 e. The van der Waals surface area contributed by atoms with Crippen LogP contribution in [0.4, 0.5) is 0 Å². The molecule has 0 aromatic carbocycles. The molecule has 0 aromatic rings. The predicted molar refractivity (Wildman–Crippen MR) is 58.6 cm³/mol. The molecule has 2 aliphatic rings. The first-order chi connectivity index (χ1) is 7.39. The number of hydrogen-bond acceptors (Lipinski definition) is 4. The highest BCUT2D eigenvalue weighted by atomic mass is 32.2. The molecule has 6 heteroatoms. The van der Waals surface area contributed by atoms with Gasteiger partial charge in [0.15, 0.2) is 0 Å². The highest BCUT2D eigenvalue weighted by Crippen LogP contribution is 2.31. The zero-order valence-electron chi connectivity index (χ0n) is 8.71. The van der Waals surface area contributed by atoms with E-state index in [0.717, 1.165) is 6.26 Å². The van der Waals surface area contributed by atoms with E-state index in [0.29, 0.717) is 18.6 Å². The summed E-state index contributed by atoms with van der Waals surface area (Å²) in [6, 6.07) is 0. The van der Waals surface area contributed by atoms with Crippen molar-refractivity contribution in [2.75, 3.05) is 6.26 Å². The number of esters is 1. The molecule has 2 rings (SSSR count). The lowest BCUT2D eigenvalue weighted by Gasteiger charge is -2.21. The molecular weight excluding hydrogens is 230 g/mol. The van der Waals surface area contributed by atoms with E-state index in [1.807, 2.05) is 0 Å². The topological polar surface area (TPSA) is 72.8 Å². The van der Waals surface area contributed by atoms with Crippen molar-refractivity contribution in [3.05, 3.63) is 24.3 Å². The van der Waals surface area contributed by atoms with E-state index in [1.54, 1.807) is 24.3 Å². The van der Waals surface area contributed by atoms with Crippen LogP contribution in [-0.4, -0.2) is 32.0 Å². The molecule has 5 nitrogen and oxygen atoms in total. The zero-order chi connectivity index (χ0) is 11.8. The van der Waals surface area contributed by atoms with Gasteiger partial charge in [-0.2, -0.15) is 4.40 Å². The molecule has 0 N–H and O–H groups in total. The molecule has 0 atom stereocenters. The van der Waals surface area contributed by atoms with E-state index in [-0.39, 0.29) is 5.97 Å². The van der Waals surface area contributed by atoms with Crippen LogP contribution >= 0.6 is 0 Å². The second kappa shape index (κ2) is 3.55. The number of carbonyl (C=O) groups is 1. The van der Waals surface area contributed by atoms with Gasteiger partial charge in [0.1, 0.15) is 5.60 Å². The molecule has 16 heavy (non-hydrogen) atoms. The number of carbonyl (C=O) groups excluding carboxylic acids is 1. The maximum atomic E-state index is 11.0. The van der Waals surface area contributed by atoms with Crippen LogP contribution in [0.3, 0.4) is 0 Å². The van der Waals surface area contributed by atoms with Crippen LogP contribution < -0.4 is 0 Å². The summed E-state index contributed by atoms with van der Waals surface area (Å²) in [4.78, 5) is 11.0. The molecule has 0 aromatic heterocycles.